The van der Waals surface area contributed by atoms with Gasteiger partial charge in [-0.05, 0) is 18.8 Å². The molecule has 1 rings (SSSR count). The lowest BCUT2D eigenvalue weighted by Crippen LogP contribution is -2.36. The van der Waals surface area contributed by atoms with E-state index < -0.39 is 5.97 Å². The first-order valence-corrected chi connectivity index (χ1v) is 5.35. The average molecular weight is 213 g/mol. The summed E-state index contributed by atoms with van der Waals surface area (Å²) in [6.45, 7) is 6.83. The number of rotatable bonds is 6. The van der Waals surface area contributed by atoms with Crippen molar-refractivity contribution in [1.29, 1.82) is 0 Å². The van der Waals surface area contributed by atoms with Gasteiger partial charge in [0.25, 0.3) is 0 Å². The molecule has 0 atom stereocenters. The van der Waals surface area contributed by atoms with Crippen LogP contribution in [-0.4, -0.2) is 48.8 Å². The van der Waals surface area contributed by atoms with Gasteiger partial charge in [-0.25, -0.2) is 0 Å². The molecule has 0 amide bonds. The van der Waals surface area contributed by atoms with Gasteiger partial charge in [-0.3, -0.25) is 9.69 Å². The van der Waals surface area contributed by atoms with Crippen molar-refractivity contribution in [2.24, 2.45) is 5.92 Å². The molecule has 1 heterocycles. The third-order valence-electron chi connectivity index (χ3n) is 2.60. The van der Waals surface area contributed by atoms with Gasteiger partial charge < -0.3 is 9.84 Å². The molecule has 1 aliphatic rings. The maximum absolute atomic E-state index is 10.6. The van der Waals surface area contributed by atoms with Gasteiger partial charge in [0.05, 0.1) is 6.54 Å². The molecule has 0 radical (unpaired) electrons. The SMILES string of the molecule is C=CCN(CC(=O)O)CC1CCOCC1. The second kappa shape index (κ2) is 6.58. The zero-order valence-electron chi connectivity index (χ0n) is 9.02. The van der Waals surface area contributed by atoms with Crippen LogP contribution in [0.4, 0.5) is 0 Å². The molecule has 0 aromatic carbocycles. The lowest BCUT2D eigenvalue weighted by Gasteiger charge is -2.27. The van der Waals surface area contributed by atoms with Gasteiger partial charge in [0.1, 0.15) is 0 Å². The van der Waals surface area contributed by atoms with Crippen LogP contribution < -0.4 is 0 Å². The molecule has 86 valence electrons. The van der Waals surface area contributed by atoms with Crippen molar-refractivity contribution in [1.82, 2.24) is 4.90 Å². The molecule has 15 heavy (non-hydrogen) atoms. The van der Waals surface area contributed by atoms with E-state index in [1.807, 2.05) is 4.90 Å². The molecule has 1 N–H and O–H groups in total. The van der Waals surface area contributed by atoms with Crippen molar-refractivity contribution in [3.63, 3.8) is 0 Å². The summed E-state index contributed by atoms with van der Waals surface area (Å²) in [5, 5.41) is 8.74. The molecular formula is C11H19NO3. The average Bonchev–Trinajstić information content (AvgIpc) is 2.18. The quantitative estimate of drug-likeness (QED) is 0.668. The van der Waals surface area contributed by atoms with Crippen molar-refractivity contribution in [2.45, 2.75) is 12.8 Å². The highest BCUT2D eigenvalue weighted by molar-refractivity contribution is 5.69. The van der Waals surface area contributed by atoms with E-state index in [2.05, 4.69) is 6.58 Å². The van der Waals surface area contributed by atoms with E-state index in [1.54, 1.807) is 6.08 Å². The van der Waals surface area contributed by atoms with E-state index in [1.165, 1.54) is 0 Å². The van der Waals surface area contributed by atoms with Crippen LogP contribution >= 0.6 is 0 Å². The number of aliphatic carboxylic acids is 1. The molecule has 0 aliphatic carbocycles. The van der Waals surface area contributed by atoms with Crippen LogP contribution in [0.5, 0.6) is 0 Å². The van der Waals surface area contributed by atoms with Crippen LogP contribution in [0.3, 0.4) is 0 Å². The third kappa shape index (κ3) is 4.95. The van der Waals surface area contributed by atoms with Gasteiger partial charge in [-0.15, -0.1) is 6.58 Å². The normalized spacial score (nSPS) is 17.9. The lowest BCUT2D eigenvalue weighted by molar-refractivity contribution is -0.138. The van der Waals surface area contributed by atoms with Crippen molar-refractivity contribution in [2.75, 3.05) is 32.8 Å². The summed E-state index contributed by atoms with van der Waals surface area (Å²) >= 11 is 0. The zero-order valence-corrected chi connectivity index (χ0v) is 9.02. The first-order chi connectivity index (χ1) is 7.22. The Hall–Kier alpha value is -0.870. The minimum absolute atomic E-state index is 0.101. The molecule has 4 heteroatoms. The topological polar surface area (TPSA) is 49.8 Å². The number of ether oxygens (including phenoxy) is 1. The van der Waals surface area contributed by atoms with E-state index in [4.69, 9.17) is 9.84 Å². The van der Waals surface area contributed by atoms with E-state index >= 15 is 0 Å². The molecule has 0 unspecified atom stereocenters. The molecule has 0 aromatic heterocycles. The number of carboxylic acids is 1. The predicted molar refractivity (Wildman–Crippen MR) is 57.8 cm³/mol. The zero-order chi connectivity index (χ0) is 11.1. The summed E-state index contributed by atoms with van der Waals surface area (Å²) in [4.78, 5) is 12.5. The minimum atomic E-state index is -0.774. The molecule has 0 aromatic rings. The summed E-state index contributed by atoms with van der Waals surface area (Å²) < 4.78 is 5.27. The van der Waals surface area contributed by atoms with Crippen LogP contribution in [0.1, 0.15) is 12.8 Å². The Bertz CT molecular complexity index is 212. The largest absolute Gasteiger partial charge is 0.480 e. The summed E-state index contributed by atoms with van der Waals surface area (Å²) in [6.07, 6.45) is 3.82. The molecule has 1 fully saturated rings. The summed E-state index contributed by atoms with van der Waals surface area (Å²) in [6, 6.07) is 0. The number of hydrogen-bond acceptors (Lipinski definition) is 3. The Kier molecular flexibility index (Phi) is 5.36. The lowest BCUT2D eigenvalue weighted by atomic mass is 10.00. The van der Waals surface area contributed by atoms with Crippen LogP contribution in [-0.2, 0) is 9.53 Å². The standard InChI is InChI=1S/C11H19NO3/c1-2-5-12(9-11(13)14)8-10-3-6-15-7-4-10/h2,10H,1,3-9H2,(H,13,14). The molecule has 4 nitrogen and oxygen atoms in total. The smallest absolute Gasteiger partial charge is 0.317 e. The molecule has 0 spiro atoms. The highest BCUT2D eigenvalue weighted by Crippen LogP contribution is 2.15. The van der Waals surface area contributed by atoms with Gasteiger partial charge in [-0.1, -0.05) is 6.08 Å². The minimum Gasteiger partial charge on any atom is -0.480 e. The Labute approximate surface area is 90.5 Å². The maximum Gasteiger partial charge on any atom is 0.317 e. The van der Waals surface area contributed by atoms with Gasteiger partial charge in [0.2, 0.25) is 0 Å². The van der Waals surface area contributed by atoms with Crippen molar-refractivity contribution in [3.8, 4) is 0 Å². The fraction of sp³-hybridized carbons (Fsp3) is 0.727. The first kappa shape index (κ1) is 12.2. The highest BCUT2D eigenvalue weighted by atomic mass is 16.5. The van der Waals surface area contributed by atoms with Crippen LogP contribution in [0.25, 0.3) is 0 Å². The second-order valence-electron chi connectivity index (χ2n) is 3.93. The number of carboxylic acid groups (broad SMARTS) is 1. The summed E-state index contributed by atoms with van der Waals surface area (Å²) in [7, 11) is 0. The molecule has 0 saturated carbocycles. The summed E-state index contributed by atoms with van der Waals surface area (Å²) in [5.41, 5.74) is 0. The van der Waals surface area contributed by atoms with Gasteiger partial charge in [0, 0.05) is 26.3 Å². The van der Waals surface area contributed by atoms with E-state index in [0.717, 1.165) is 32.6 Å². The van der Waals surface area contributed by atoms with Gasteiger partial charge in [-0.2, -0.15) is 0 Å². The first-order valence-electron chi connectivity index (χ1n) is 5.35. The third-order valence-corrected chi connectivity index (χ3v) is 2.60. The number of carbonyl (C=O) groups is 1. The fourth-order valence-corrected chi connectivity index (χ4v) is 1.87. The highest BCUT2D eigenvalue weighted by Gasteiger charge is 2.18. The Morgan fingerprint density at radius 1 is 1.53 bits per heavy atom. The van der Waals surface area contributed by atoms with E-state index in [9.17, 15) is 4.79 Å². The molecule has 1 saturated heterocycles. The fourth-order valence-electron chi connectivity index (χ4n) is 1.87. The Balaban J connectivity index is 2.34. The number of nitrogens with zero attached hydrogens (tertiary/aromatic N) is 1. The maximum atomic E-state index is 10.6. The second-order valence-corrected chi connectivity index (χ2v) is 3.93. The van der Waals surface area contributed by atoms with Crippen molar-refractivity contribution in [3.05, 3.63) is 12.7 Å². The van der Waals surface area contributed by atoms with Gasteiger partial charge in [0.15, 0.2) is 0 Å². The van der Waals surface area contributed by atoms with Crippen LogP contribution in [0, 0.1) is 5.92 Å². The van der Waals surface area contributed by atoms with E-state index in [0.29, 0.717) is 12.5 Å². The molecule has 0 bridgehead atoms. The van der Waals surface area contributed by atoms with Crippen LogP contribution in [0.2, 0.25) is 0 Å². The van der Waals surface area contributed by atoms with E-state index in [-0.39, 0.29) is 6.54 Å². The number of hydrogen-bond donors (Lipinski definition) is 1. The molecular weight excluding hydrogens is 194 g/mol. The van der Waals surface area contributed by atoms with Gasteiger partial charge >= 0.3 is 5.97 Å². The van der Waals surface area contributed by atoms with Crippen molar-refractivity contribution < 1.29 is 14.6 Å². The van der Waals surface area contributed by atoms with Crippen LogP contribution in [0.15, 0.2) is 12.7 Å². The van der Waals surface area contributed by atoms with Crippen molar-refractivity contribution >= 4 is 5.97 Å². The Morgan fingerprint density at radius 3 is 2.73 bits per heavy atom. The monoisotopic (exact) mass is 213 g/mol. The predicted octanol–water partition coefficient (Wildman–Crippen LogP) is 0.986. The molecule has 1 aliphatic heterocycles. The Morgan fingerprint density at radius 2 is 2.20 bits per heavy atom. The summed E-state index contributed by atoms with van der Waals surface area (Å²) in [5.74, 6) is -0.207.